The molecule has 212 valence electrons. The number of ether oxygens (including phenoxy) is 2. The van der Waals surface area contributed by atoms with Gasteiger partial charge in [0.25, 0.3) is 0 Å². The number of rotatable bonds is 12. The first-order valence-electron chi connectivity index (χ1n) is 13.9. The predicted octanol–water partition coefficient (Wildman–Crippen LogP) is 3.43. The van der Waals surface area contributed by atoms with Gasteiger partial charge in [-0.15, -0.1) is 0 Å². The molecule has 2 amide bonds. The average molecular weight is 540 g/mol. The van der Waals surface area contributed by atoms with Crippen molar-refractivity contribution in [1.82, 2.24) is 10.2 Å². The van der Waals surface area contributed by atoms with Crippen LogP contribution < -0.4 is 10.6 Å². The maximum Gasteiger partial charge on any atom is 0.224 e. The number of benzene rings is 2. The van der Waals surface area contributed by atoms with Crippen molar-refractivity contribution in [3.63, 3.8) is 0 Å². The Morgan fingerprint density at radius 3 is 2.59 bits per heavy atom. The summed E-state index contributed by atoms with van der Waals surface area (Å²) in [7, 11) is 0. The molecule has 4 unspecified atom stereocenters. The van der Waals surface area contributed by atoms with Gasteiger partial charge in [0.2, 0.25) is 11.8 Å². The highest BCUT2D eigenvalue weighted by molar-refractivity contribution is 5.90. The lowest BCUT2D eigenvalue weighted by Gasteiger charge is -2.38. The minimum atomic E-state index is -0.607. The van der Waals surface area contributed by atoms with E-state index in [1.54, 1.807) is 0 Å². The standard InChI is InChI=1S/C30H41N3O6/c1-21(35)31-14-4-2-3-8-29(37)32-25-7-5-6-24(16-25)30-38-27(19-33-15-13-26(36)18-33)17-28(39-30)23-11-9-22(20-34)10-12-23/h5-7,9-12,16,26-28,30,34,36H,2-4,8,13-15,17-20H2,1H3,(H,31,35)(H,32,37). The lowest BCUT2D eigenvalue weighted by Crippen LogP contribution is -2.38. The molecular formula is C30H41N3O6. The van der Waals surface area contributed by atoms with Crippen LogP contribution in [-0.4, -0.2) is 65.3 Å². The van der Waals surface area contributed by atoms with Crippen LogP contribution in [0.1, 0.15) is 74.5 Å². The molecule has 0 aliphatic carbocycles. The molecule has 2 saturated heterocycles. The molecule has 4 rings (SSSR count). The Morgan fingerprint density at radius 1 is 1.05 bits per heavy atom. The number of aliphatic hydroxyl groups is 2. The Kier molecular flexibility index (Phi) is 10.9. The smallest absolute Gasteiger partial charge is 0.224 e. The van der Waals surface area contributed by atoms with Crippen molar-refractivity contribution in [1.29, 1.82) is 0 Å². The molecule has 2 aliphatic rings. The fourth-order valence-corrected chi connectivity index (χ4v) is 5.14. The van der Waals surface area contributed by atoms with Crippen molar-refractivity contribution in [3.05, 3.63) is 65.2 Å². The Hall–Kier alpha value is -2.82. The molecule has 2 fully saturated rings. The molecule has 39 heavy (non-hydrogen) atoms. The van der Waals surface area contributed by atoms with E-state index in [4.69, 9.17) is 9.47 Å². The maximum atomic E-state index is 12.5. The molecule has 0 saturated carbocycles. The second kappa shape index (κ2) is 14.5. The summed E-state index contributed by atoms with van der Waals surface area (Å²) in [5, 5.41) is 25.1. The van der Waals surface area contributed by atoms with Crippen LogP contribution in [0.25, 0.3) is 0 Å². The maximum absolute atomic E-state index is 12.5. The first-order valence-corrected chi connectivity index (χ1v) is 13.9. The third kappa shape index (κ3) is 9.12. The minimum Gasteiger partial charge on any atom is -0.392 e. The molecule has 0 bridgehead atoms. The number of likely N-dealkylation sites (tertiary alicyclic amines) is 1. The Balaban J connectivity index is 1.38. The van der Waals surface area contributed by atoms with Crippen LogP contribution in [0.2, 0.25) is 0 Å². The summed E-state index contributed by atoms with van der Waals surface area (Å²) in [6, 6.07) is 15.4. The van der Waals surface area contributed by atoms with Gasteiger partial charge in [0.05, 0.1) is 24.9 Å². The summed E-state index contributed by atoms with van der Waals surface area (Å²) in [6.07, 6.45) is 3.16. The summed E-state index contributed by atoms with van der Waals surface area (Å²) < 4.78 is 12.8. The highest BCUT2D eigenvalue weighted by Gasteiger charge is 2.34. The number of carbonyl (C=O) groups excluding carboxylic acids is 2. The average Bonchev–Trinajstić information content (AvgIpc) is 3.34. The number of anilines is 1. The van der Waals surface area contributed by atoms with Gasteiger partial charge in [0.1, 0.15) is 0 Å². The zero-order valence-corrected chi connectivity index (χ0v) is 22.7. The van der Waals surface area contributed by atoms with Crippen LogP contribution in [0.3, 0.4) is 0 Å². The molecule has 2 aromatic rings. The van der Waals surface area contributed by atoms with E-state index < -0.39 is 6.29 Å². The molecule has 0 spiro atoms. The van der Waals surface area contributed by atoms with E-state index in [1.165, 1.54) is 6.92 Å². The van der Waals surface area contributed by atoms with Gasteiger partial charge in [-0.1, -0.05) is 42.8 Å². The van der Waals surface area contributed by atoms with E-state index in [9.17, 15) is 19.8 Å². The first-order chi connectivity index (χ1) is 18.9. The quantitative estimate of drug-likeness (QED) is 0.305. The van der Waals surface area contributed by atoms with Crippen LogP contribution in [0.4, 0.5) is 5.69 Å². The highest BCUT2D eigenvalue weighted by atomic mass is 16.7. The third-order valence-electron chi connectivity index (χ3n) is 7.22. The molecule has 4 atom stereocenters. The topological polar surface area (TPSA) is 120 Å². The lowest BCUT2D eigenvalue weighted by atomic mass is 9.99. The number of hydrogen-bond acceptors (Lipinski definition) is 7. The Morgan fingerprint density at radius 2 is 1.87 bits per heavy atom. The number of amides is 2. The lowest BCUT2D eigenvalue weighted by molar-refractivity contribution is -0.252. The zero-order chi connectivity index (χ0) is 27.6. The summed E-state index contributed by atoms with van der Waals surface area (Å²) in [4.78, 5) is 25.7. The van der Waals surface area contributed by atoms with Crippen molar-refractivity contribution in [3.8, 4) is 0 Å². The fraction of sp³-hybridized carbons (Fsp3) is 0.533. The van der Waals surface area contributed by atoms with Gasteiger partial charge in [0, 0.05) is 57.2 Å². The number of nitrogens with zero attached hydrogens (tertiary/aromatic N) is 1. The van der Waals surface area contributed by atoms with Crippen molar-refractivity contribution < 1.29 is 29.3 Å². The van der Waals surface area contributed by atoms with Crippen LogP contribution in [-0.2, 0) is 25.7 Å². The number of carbonyl (C=O) groups is 2. The van der Waals surface area contributed by atoms with E-state index >= 15 is 0 Å². The van der Waals surface area contributed by atoms with E-state index in [0.717, 1.165) is 48.9 Å². The van der Waals surface area contributed by atoms with E-state index in [1.807, 2.05) is 48.5 Å². The zero-order valence-electron chi connectivity index (χ0n) is 22.7. The van der Waals surface area contributed by atoms with Gasteiger partial charge in [-0.25, -0.2) is 0 Å². The number of nitrogens with one attached hydrogen (secondary N) is 2. The second-order valence-corrected chi connectivity index (χ2v) is 10.5. The van der Waals surface area contributed by atoms with Gasteiger partial charge >= 0.3 is 0 Å². The Bertz CT molecular complexity index is 1080. The molecule has 9 heteroatoms. The third-order valence-corrected chi connectivity index (χ3v) is 7.22. The van der Waals surface area contributed by atoms with Gasteiger partial charge < -0.3 is 30.3 Å². The fourth-order valence-electron chi connectivity index (χ4n) is 5.14. The van der Waals surface area contributed by atoms with Gasteiger partial charge in [-0.3, -0.25) is 14.5 Å². The number of β-amino-alcohol motifs (C(OH)–C–C–N with tert-alkyl or cyclic N) is 1. The molecule has 2 aromatic carbocycles. The van der Waals surface area contributed by atoms with Crippen molar-refractivity contribution in [2.45, 2.75) is 76.7 Å². The second-order valence-electron chi connectivity index (χ2n) is 10.5. The first kappa shape index (κ1) is 29.2. The normalized spacial score (nSPS) is 23.5. The van der Waals surface area contributed by atoms with Crippen LogP contribution in [0.5, 0.6) is 0 Å². The van der Waals surface area contributed by atoms with Crippen molar-refractivity contribution >= 4 is 17.5 Å². The van der Waals surface area contributed by atoms with Gasteiger partial charge in [0.15, 0.2) is 6.29 Å². The highest BCUT2D eigenvalue weighted by Crippen LogP contribution is 2.39. The van der Waals surface area contributed by atoms with E-state index in [-0.39, 0.29) is 36.7 Å². The van der Waals surface area contributed by atoms with Crippen LogP contribution in [0, 0.1) is 0 Å². The summed E-state index contributed by atoms with van der Waals surface area (Å²) in [5.41, 5.74) is 3.39. The molecule has 0 aromatic heterocycles. The minimum absolute atomic E-state index is 0.00691. The molecule has 0 radical (unpaired) electrons. The van der Waals surface area contributed by atoms with Crippen molar-refractivity contribution in [2.75, 3.05) is 31.5 Å². The number of unbranched alkanes of at least 4 members (excludes halogenated alkanes) is 2. The summed E-state index contributed by atoms with van der Waals surface area (Å²) in [6.45, 7) is 4.33. The largest absolute Gasteiger partial charge is 0.392 e. The molecule has 2 heterocycles. The van der Waals surface area contributed by atoms with E-state index in [2.05, 4.69) is 15.5 Å². The number of aliphatic hydroxyl groups excluding tert-OH is 2. The number of hydrogen-bond donors (Lipinski definition) is 4. The SMILES string of the molecule is CC(=O)NCCCCCC(=O)Nc1cccc(C2OC(CN3CCC(O)C3)CC(c3ccc(CO)cc3)O2)c1. The van der Waals surface area contributed by atoms with E-state index in [0.29, 0.717) is 38.2 Å². The Labute approximate surface area is 230 Å². The van der Waals surface area contributed by atoms with Gasteiger partial charge in [-0.2, -0.15) is 0 Å². The monoisotopic (exact) mass is 539 g/mol. The molecular weight excluding hydrogens is 498 g/mol. The summed E-state index contributed by atoms with van der Waals surface area (Å²) in [5.74, 6) is -0.0879. The van der Waals surface area contributed by atoms with Crippen LogP contribution >= 0.6 is 0 Å². The predicted molar refractivity (Wildman–Crippen MR) is 148 cm³/mol. The van der Waals surface area contributed by atoms with Crippen LogP contribution in [0.15, 0.2) is 48.5 Å². The van der Waals surface area contributed by atoms with Gasteiger partial charge in [-0.05, 0) is 42.5 Å². The molecule has 4 N–H and O–H groups in total. The van der Waals surface area contributed by atoms with Crippen molar-refractivity contribution in [2.24, 2.45) is 0 Å². The molecule has 9 nitrogen and oxygen atoms in total. The summed E-state index contributed by atoms with van der Waals surface area (Å²) >= 11 is 0. The molecule has 2 aliphatic heterocycles.